The van der Waals surface area contributed by atoms with Gasteiger partial charge in [-0.15, -0.1) is 0 Å². The van der Waals surface area contributed by atoms with Gasteiger partial charge in [0.05, 0.1) is 25.2 Å². The summed E-state index contributed by atoms with van der Waals surface area (Å²) in [5.41, 5.74) is 0. The summed E-state index contributed by atoms with van der Waals surface area (Å²) < 4.78 is 37.1. The molecule has 0 saturated carbocycles. The smallest absolute Gasteiger partial charge is 0.240 e. The van der Waals surface area contributed by atoms with Crippen LogP contribution in [0.3, 0.4) is 0 Å². The maximum absolute atomic E-state index is 12.1. The predicted octanol–water partition coefficient (Wildman–Crippen LogP) is -0.0381. The molecule has 1 aliphatic rings. The second-order valence-corrected chi connectivity index (χ2v) is 6.02. The van der Waals surface area contributed by atoms with E-state index in [1.807, 2.05) is 0 Å². The summed E-state index contributed by atoms with van der Waals surface area (Å²) in [6.07, 6.45) is 0. The Morgan fingerprint density at radius 3 is 3.05 bits per heavy atom. The fourth-order valence-electron chi connectivity index (χ4n) is 1.81. The van der Waals surface area contributed by atoms with Crippen LogP contribution >= 0.6 is 0 Å². The number of rotatable bonds is 5. The Kier molecular flexibility index (Phi) is 4.76. The van der Waals surface area contributed by atoms with Crippen molar-refractivity contribution in [1.29, 1.82) is 0 Å². The van der Waals surface area contributed by atoms with E-state index in [2.05, 4.69) is 10.0 Å². The topological polar surface area (TPSA) is 76.7 Å². The second-order valence-electron chi connectivity index (χ2n) is 4.26. The molecule has 19 heavy (non-hydrogen) atoms. The number of nitrogens with one attached hydrogen (secondary N) is 2. The van der Waals surface area contributed by atoms with Gasteiger partial charge in [0.25, 0.3) is 0 Å². The predicted molar refractivity (Wildman–Crippen MR) is 70.8 cm³/mol. The summed E-state index contributed by atoms with van der Waals surface area (Å²) in [6.45, 7) is 2.23. The van der Waals surface area contributed by atoms with E-state index in [9.17, 15) is 8.42 Å². The Balaban J connectivity index is 2.00. The highest BCUT2D eigenvalue weighted by molar-refractivity contribution is 7.89. The Bertz CT molecular complexity index is 512. The monoisotopic (exact) mass is 286 g/mol. The van der Waals surface area contributed by atoms with E-state index in [1.165, 1.54) is 19.2 Å². The Labute approximate surface area is 113 Å². The molecule has 1 fully saturated rings. The summed E-state index contributed by atoms with van der Waals surface area (Å²) in [6, 6.07) is 6.39. The van der Waals surface area contributed by atoms with Gasteiger partial charge >= 0.3 is 0 Å². The second kappa shape index (κ2) is 6.33. The summed E-state index contributed by atoms with van der Waals surface area (Å²) in [4.78, 5) is 0.198. The van der Waals surface area contributed by atoms with Crippen LogP contribution in [0, 0.1) is 0 Å². The zero-order valence-corrected chi connectivity index (χ0v) is 11.6. The van der Waals surface area contributed by atoms with Crippen LogP contribution in [0.15, 0.2) is 29.2 Å². The number of ether oxygens (including phenoxy) is 2. The van der Waals surface area contributed by atoms with Crippen molar-refractivity contribution < 1.29 is 17.9 Å². The zero-order chi connectivity index (χ0) is 13.7. The molecule has 0 spiro atoms. The number of sulfonamides is 1. The summed E-state index contributed by atoms with van der Waals surface area (Å²) in [7, 11) is -2.02. The zero-order valence-electron chi connectivity index (χ0n) is 10.8. The molecule has 0 aliphatic carbocycles. The molecule has 1 aliphatic heterocycles. The minimum absolute atomic E-state index is 0.00846. The van der Waals surface area contributed by atoms with Gasteiger partial charge in [-0.3, -0.25) is 0 Å². The highest BCUT2D eigenvalue weighted by Gasteiger charge is 2.19. The van der Waals surface area contributed by atoms with Crippen molar-refractivity contribution >= 4 is 10.0 Å². The van der Waals surface area contributed by atoms with Crippen molar-refractivity contribution in [2.24, 2.45) is 0 Å². The first-order chi connectivity index (χ1) is 9.12. The third-order valence-electron chi connectivity index (χ3n) is 2.87. The minimum Gasteiger partial charge on any atom is -0.497 e. The quantitative estimate of drug-likeness (QED) is 0.794. The number of hydrogen-bond acceptors (Lipinski definition) is 5. The van der Waals surface area contributed by atoms with Gasteiger partial charge in [0.15, 0.2) is 0 Å². The van der Waals surface area contributed by atoms with Crippen molar-refractivity contribution in [2.75, 3.05) is 33.4 Å². The first kappa shape index (κ1) is 14.3. The van der Waals surface area contributed by atoms with Crippen LogP contribution in [0.25, 0.3) is 0 Å². The van der Waals surface area contributed by atoms with Crippen LogP contribution in [0.2, 0.25) is 0 Å². The molecule has 0 bridgehead atoms. The Morgan fingerprint density at radius 2 is 2.37 bits per heavy atom. The lowest BCUT2D eigenvalue weighted by Crippen LogP contribution is -2.48. The normalized spacial score (nSPS) is 20.2. The van der Waals surface area contributed by atoms with E-state index in [0.29, 0.717) is 25.5 Å². The molecule has 1 unspecified atom stereocenters. The molecule has 0 aromatic heterocycles. The van der Waals surface area contributed by atoms with Crippen LogP contribution in [0.4, 0.5) is 0 Å². The van der Waals surface area contributed by atoms with Gasteiger partial charge in [0.1, 0.15) is 5.75 Å². The summed E-state index contributed by atoms with van der Waals surface area (Å²) >= 11 is 0. The molecule has 1 aromatic carbocycles. The average molecular weight is 286 g/mol. The highest BCUT2D eigenvalue weighted by Crippen LogP contribution is 2.16. The molecule has 1 atom stereocenters. The number of morpholine rings is 1. The molecule has 1 saturated heterocycles. The molecule has 1 aromatic rings. The fourth-order valence-corrected chi connectivity index (χ4v) is 2.93. The van der Waals surface area contributed by atoms with Gasteiger partial charge in [-0.05, 0) is 12.1 Å². The van der Waals surface area contributed by atoms with Crippen LogP contribution in [-0.4, -0.2) is 47.9 Å². The first-order valence-electron chi connectivity index (χ1n) is 6.06. The third kappa shape index (κ3) is 3.90. The molecule has 0 amide bonds. The number of benzene rings is 1. The van der Waals surface area contributed by atoms with E-state index in [4.69, 9.17) is 9.47 Å². The molecule has 2 N–H and O–H groups in total. The van der Waals surface area contributed by atoms with E-state index in [0.717, 1.165) is 6.54 Å². The van der Waals surface area contributed by atoms with Crippen LogP contribution < -0.4 is 14.8 Å². The van der Waals surface area contributed by atoms with Crippen molar-refractivity contribution in [3.05, 3.63) is 24.3 Å². The molecular weight excluding hydrogens is 268 g/mol. The SMILES string of the molecule is COc1cccc(S(=O)(=O)NCC2COCCN2)c1. The van der Waals surface area contributed by atoms with Crippen LogP contribution in [0.5, 0.6) is 5.75 Å². The lowest BCUT2D eigenvalue weighted by molar-refractivity contribution is 0.0784. The van der Waals surface area contributed by atoms with E-state index < -0.39 is 10.0 Å². The average Bonchev–Trinajstić information content (AvgIpc) is 2.46. The van der Waals surface area contributed by atoms with Crippen molar-refractivity contribution in [2.45, 2.75) is 10.9 Å². The molecule has 7 heteroatoms. The number of methoxy groups -OCH3 is 1. The molecule has 0 radical (unpaired) electrons. The lowest BCUT2D eigenvalue weighted by atomic mass is 10.3. The van der Waals surface area contributed by atoms with Gasteiger partial charge in [-0.2, -0.15) is 0 Å². The largest absolute Gasteiger partial charge is 0.497 e. The fraction of sp³-hybridized carbons (Fsp3) is 0.500. The van der Waals surface area contributed by atoms with Gasteiger partial charge in [-0.25, -0.2) is 13.1 Å². The van der Waals surface area contributed by atoms with Gasteiger partial charge in [-0.1, -0.05) is 6.07 Å². The van der Waals surface area contributed by atoms with E-state index >= 15 is 0 Å². The third-order valence-corrected chi connectivity index (χ3v) is 4.29. The number of hydrogen-bond donors (Lipinski definition) is 2. The Hall–Kier alpha value is -1.15. The van der Waals surface area contributed by atoms with Crippen molar-refractivity contribution in [1.82, 2.24) is 10.0 Å². The summed E-state index contributed by atoms with van der Waals surface area (Å²) in [5, 5.41) is 3.19. The summed E-state index contributed by atoms with van der Waals surface area (Å²) in [5.74, 6) is 0.516. The molecule has 106 valence electrons. The van der Waals surface area contributed by atoms with Crippen LogP contribution in [-0.2, 0) is 14.8 Å². The lowest BCUT2D eigenvalue weighted by Gasteiger charge is -2.23. The maximum atomic E-state index is 12.1. The molecule has 6 nitrogen and oxygen atoms in total. The maximum Gasteiger partial charge on any atom is 0.240 e. The van der Waals surface area contributed by atoms with Gasteiger partial charge < -0.3 is 14.8 Å². The van der Waals surface area contributed by atoms with Gasteiger partial charge in [0.2, 0.25) is 10.0 Å². The minimum atomic E-state index is -3.52. The molecule has 1 heterocycles. The highest BCUT2D eigenvalue weighted by atomic mass is 32.2. The first-order valence-corrected chi connectivity index (χ1v) is 7.55. The van der Waals surface area contributed by atoms with Crippen molar-refractivity contribution in [3.8, 4) is 5.75 Å². The standard InChI is InChI=1S/C12H18N2O4S/c1-17-11-3-2-4-12(7-11)19(15,16)14-8-10-9-18-6-5-13-10/h2-4,7,10,13-14H,5-6,8-9H2,1H3. The molecular formula is C12H18N2O4S. The van der Waals surface area contributed by atoms with Crippen LogP contribution in [0.1, 0.15) is 0 Å². The van der Waals surface area contributed by atoms with E-state index in [1.54, 1.807) is 12.1 Å². The Morgan fingerprint density at radius 1 is 1.53 bits per heavy atom. The van der Waals surface area contributed by atoms with E-state index in [-0.39, 0.29) is 10.9 Å². The van der Waals surface area contributed by atoms with Crippen molar-refractivity contribution in [3.63, 3.8) is 0 Å². The molecule has 2 rings (SSSR count). The van der Waals surface area contributed by atoms with Gasteiger partial charge in [0, 0.05) is 25.2 Å².